The Labute approximate surface area is 174 Å². The maximum absolute atomic E-state index is 12.8. The van der Waals surface area contributed by atoms with Crippen LogP contribution in [0, 0.1) is 0 Å². The number of halogens is 1. The van der Waals surface area contributed by atoms with Gasteiger partial charge in [0.25, 0.3) is 10.0 Å². The first-order chi connectivity index (χ1) is 13.4. The molecule has 0 bridgehead atoms. The summed E-state index contributed by atoms with van der Waals surface area (Å²) < 4.78 is 29.8. The Morgan fingerprint density at radius 3 is 2.57 bits per heavy atom. The molecule has 0 saturated carbocycles. The number of sulfonamides is 1. The normalized spacial score (nSPS) is 21.6. The summed E-state index contributed by atoms with van der Waals surface area (Å²) in [6, 6.07) is 7.46. The summed E-state index contributed by atoms with van der Waals surface area (Å²) in [4.78, 5) is 16.7. The first kappa shape index (κ1) is 19.9. The Balaban J connectivity index is 1.34. The van der Waals surface area contributed by atoms with Gasteiger partial charge in [-0.2, -0.15) is 4.31 Å². The first-order valence-electron chi connectivity index (χ1n) is 9.28. The lowest BCUT2D eigenvalue weighted by Gasteiger charge is -2.38. The quantitative estimate of drug-likeness (QED) is 0.727. The predicted molar refractivity (Wildman–Crippen MR) is 109 cm³/mol. The van der Waals surface area contributed by atoms with Crippen LogP contribution >= 0.6 is 22.9 Å². The topological polar surface area (TPSA) is 65.9 Å². The number of rotatable bonds is 4. The third-order valence-electron chi connectivity index (χ3n) is 5.54. The van der Waals surface area contributed by atoms with Crippen molar-refractivity contribution in [3.63, 3.8) is 0 Å². The Morgan fingerprint density at radius 2 is 1.89 bits per heavy atom. The van der Waals surface area contributed by atoms with Crippen molar-refractivity contribution >= 4 is 38.9 Å². The second-order valence-corrected chi connectivity index (χ2v) is 11.0. The molecule has 1 amide bonds. The Morgan fingerprint density at radius 1 is 1.14 bits per heavy atom. The molecule has 0 N–H and O–H groups in total. The number of hydrogen-bond donors (Lipinski definition) is 0. The molecule has 1 unspecified atom stereocenters. The van der Waals surface area contributed by atoms with E-state index in [1.165, 1.54) is 16.1 Å². The van der Waals surface area contributed by atoms with Crippen molar-refractivity contribution in [2.45, 2.75) is 23.7 Å². The summed E-state index contributed by atoms with van der Waals surface area (Å²) in [7, 11) is -3.54. The lowest BCUT2D eigenvalue weighted by atomic mass is 10.1. The summed E-state index contributed by atoms with van der Waals surface area (Å²) in [5.41, 5.74) is 1.23. The second kappa shape index (κ2) is 7.79. The summed E-state index contributed by atoms with van der Waals surface area (Å²) in [6.07, 6.45) is 2.07. The first-order valence-corrected chi connectivity index (χ1v) is 11.9. The van der Waals surface area contributed by atoms with E-state index in [4.69, 9.17) is 11.6 Å². The Hall–Kier alpha value is -1.39. The van der Waals surface area contributed by atoms with E-state index in [0.717, 1.165) is 24.4 Å². The molecule has 1 saturated heterocycles. The highest BCUT2D eigenvalue weighted by molar-refractivity contribution is 7.91. The Kier molecular flexibility index (Phi) is 5.54. The van der Waals surface area contributed by atoms with Gasteiger partial charge in [0.15, 0.2) is 0 Å². The molecule has 4 rings (SSSR count). The summed E-state index contributed by atoms with van der Waals surface area (Å²) in [5.74, 6) is 0.0584. The number of carbonyl (C=O) groups excluding carboxylic acids is 1. The van der Waals surface area contributed by atoms with Crippen LogP contribution in [-0.2, 0) is 21.4 Å². The zero-order valence-corrected chi connectivity index (χ0v) is 18.0. The van der Waals surface area contributed by atoms with E-state index in [9.17, 15) is 13.2 Å². The van der Waals surface area contributed by atoms with Crippen LogP contribution in [0.4, 0.5) is 0 Å². The van der Waals surface area contributed by atoms with Crippen molar-refractivity contribution in [1.29, 1.82) is 0 Å². The highest BCUT2D eigenvalue weighted by Gasteiger charge is 2.32. The number of aromatic nitrogens is 1. The molecule has 1 atom stereocenters. The molecule has 2 aliphatic rings. The number of piperazine rings is 1. The molecule has 1 fully saturated rings. The van der Waals surface area contributed by atoms with Gasteiger partial charge in [0, 0.05) is 57.2 Å². The van der Waals surface area contributed by atoms with Crippen LogP contribution < -0.4 is 0 Å². The molecule has 2 aliphatic heterocycles. The molecular weight excluding hydrogens is 420 g/mol. The van der Waals surface area contributed by atoms with Gasteiger partial charge >= 0.3 is 0 Å². The minimum Gasteiger partial charge on any atom is -0.349 e. The van der Waals surface area contributed by atoms with Crippen molar-refractivity contribution in [1.82, 2.24) is 18.7 Å². The summed E-state index contributed by atoms with van der Waals surface area (Å²) in [5, 5.41) is 0. The van der Waals surface area contributed by atoms with Gasteiger partial charge in [-0.25, -0.2) is 8.42 Å². The maximum atomic E-state index is 12.8. The predicted octanol–water partition coefficient (Wildman–Crippen LogP) is 2.11. The molecule has 0 aromatic carbocycles. The average Bonchev–Trinajstić information content (AvgIpc) is 3.33. The smallest absolute Gasteiger partial charge is 0.252 e. The second-order valence-electron chi connectivity index (χ2n) is 7.12. The van der Waals surface area contributed by atoms with Crippen molar-refractivity contribution in [3.8, 4) is 0 Å². The van der Waals surface area contributed by atoms with Crippen molar-refractivity contribution in [3.05, 3.63) is 40.5 Å². The van der Waals surface area contributed by atoms with E-state index in [1.54, 1.807) is 11.0 Å². The van der Waals surface area contributed by atoms with E-state index in [0.29, 0.717) is 37.1 Å². The van der Waals surface area contributed by atoms with Gasteiger partial charge in [-0.1, -0.05) is 11.6 Å². The number of fused-ring (bicyclic) bond motifs is 1. The fourth-order valence-corrected chi connectivity index (χ4v) is 6.92. The standard InChI is InChI=1S/C18H23ClN4O3S2/c1-14-15-3-2-6-20(15)7-8-22(14)13-17(24)21-9-11-23(12-10-21)28(25,26)18-5-4-16(19)27-18/h2-6,14H,7-13H2,1H3. The van der Waals surface area contributed by atoms with Crippen LogP contribution in [0.5, 0.6) is 0 Å². The zero-order chi connectivity index (χ0) is 19.9. The van der Waals surface area contributed by atoms with Gasteiger partial charge in [-0.3, -0.25) is 9.69 Å². The van der Waals surface area contributed by atoms with Gasteiger partial charge in [0.1, 0.15) is 4.21 Å². The molecular formula is C18H23ClN4O3S2. The number of hydrogen-bond acceptors (Lipinski definition) is 5. The lowest BCUT2D eigenvalue weighted by Crippen LogP contribution is -2.53. The molecule has 10 heteroatoms. The fraction of sp³-hybridized carbons (Fsp3) is 0.500. The molecule has 28 heavy (non-hydrogen) atoms. The van der Waals surface area contributed by atoms with Crippen LogP contribution in [0.25, 0.3) is 0 Å². The van der Waals surface area contributed by atoms with Crippen molar-refractivity contribution in [2.75, 3.05) is 39.3 Å². The van der Waals surface area contributed by atoms with E-state index < -0.39 is 10.0 Å². The number of thiophene rings is 1. The van der Waals surface area contributed by atoms with E-state index in [-0.39, 0.29) is 16.2 Å². The monoisotopic (exact) mass is 442 g/mol. The maximum Gasteiger partial charge on any atom is 0.252 e. The average molecular weight is 443 g/mol. The third-order valence-corrected chi connectivity index (χ3v) is 9.14. The van der Waals surface area contributed by atoms with Crippen LogP contribution in [0.15, 0.2) is 34.7 Å². The van der Waals surface area contributed by atoms with E-state index in [2.05, 4.69) is 28.7 Å². The lowest BCUT2D eigenvalue weighted by molar-refractivity contribution is -0.134. The highest BCUT2D eigenvalue weighted by Crippen LogP contribution is 2.29. The molecule has 0 aliphatic carbocycles. The largest absolute Gasteiger partial charge is 0.349 e. The van der Waals surface area contributed by atoms with Gasteiger partial charge in [0.05, 0.1) is 10.9 Å². The Bertz CT molecular complexity index is 963. The van der Waals surface area contributed by atoms with Crippen LogP contribution in [0.3, 0.4) is 0 Å². The van der Waals surface area contributed by atoms with Crippen LogP contribution in [0.2, 0.25) is 4.34 Å². The van der Waals surface area contributed by atoms with Crippen LogP contribution in [0.1, 0.15) is 18.7 Å². The minimum absolute atomic E-state index is 0.0584. The molecule has 2 aromatic heterocycles. The molecule has 0 radical (unpaired) electrons. The van der Waals surface area contributed by atoms with Gasteiger partial charge in [0.2, 0.25) is 5.91 Å². The molecule has 0 spiro atoms. The molecule has 152 valence electrons. The van der Waals surface area contributed by atoms with E-state index in [1.807, 2.05) is 6.07 Å². The highest BCUT2D eigenvalue weighted by atomic mass is 35.5. The molecule has 2 aromatic rings. The number of amides is 1. The summed E-state index contributed by atoms with van der Waals surface area (Å²) >= 11 is 6.94. The number of nitrogens with zero attached hydrogens (tertiary/aromatic N) is 4. The van der Waals surface area contributed by atoms with Crippen LogP contribution in [-0.4, -0.2) is 72.3 Å². The molecule has 4 heterocycles. The van der Waals surface area contributed by atoms with Gasteiger partial charge in [-0.15, -0.1) is 11.3 Å². The van der Waals surface area contributed by atoms with Gasteiger partial charge in [-0.05, 0) is 31.2 Å². The molecule has 7 nitrogen and oxygen atoms in total. The zero-order valence-electron chi connectivity index (χ0n) is 15.6. The van der Waals surface area contributed by atoms with Crippen molar-refractivity contribution < 1.29 is 13.2 Å². The number of carbonyl (C=O) groups is 1. The third kappa shape index (κ3) is 3.73. The SMILES string of the molecule is CC1c2cccn2CCN1CC(=O)N1CCN(S(=O)(=O)c2ccc(Cl)s2)CC1. The van der Waals surface area contributed by atoms with E-state index >= 15 is 0 Å². The fourth-order valence-electron chi connectivity index (χ4n) is 3.86. The minimum atomic E-state index is -3.54. The van der Waals surface area contributed by atoms with Gasteiger partial charge < -0.3 is 9.47 Å². The van der Waals surface area contributed by atoms with Crippen molar-refractivity contribution in [2.24, 2.45) is 0 Å². The summed E-state index contributed by atoms with van der Waals surface area (Å²) in [6.45, 7) is 5.64.